The monoisotopic (exact) mass is 256 g/mol. The molecule has 0 aliphatic carbocycles. The molecule has 0 aliphatic heterocycles. The van der Waals surface area contributed by atoms with Crippen molar-refractivity contribution >= 4 is 16.1 Å². The highest BCUT2D eigenvalue weighted by atomic mass is 32.2. The standard InChI is InChI=1S/C8H4F4O3S/c1-16(14,15)8-3(2-13)4(9)5(10)6(11)7(8)12/h2H,1H3. The Morgan fingerprint density at radius 1 is 0.938 bits per heavy atom. The fourth-order valence-corrected chi connectivity index (χ4v) is 2.05. The molecule has 88 valence electrons. The van der Waals surface area contributed by atoms with Gasteiger partial charge in [0.1, 0.15) is 4.90 Å². The van der Waals surface area contributed by atoms with Crippen LogP contribution in [-0.2, 0) is 9.84 Å². The third-order valence-corrected chi connectivity index (χ3v) is 2.89. The summed E-state index contributed by atoms with van der Waals surface area (Å²) in [4.78, 5) is 8.86. The van der Waals surface area contributed by atoms with E-state index in [4.69, 9.17) is 0 Å². The van der Waals surface area contributed by atoms with Gasteiger partial charge in [-0.2, -0.15) is 0 Å². The van der Waals surface area contributed by atoms with E-state index in [-0.39, 0.29) is 0 Å². The Labute approximate surface area is 87.6 Å². The van der Waals surface area contributed by atoms with Gasteiger partial charge in [-0.05, 0) is 0 Å². The zero-order valence-corrected chi connectivity index (χ0v) is 8.54. The van der Waals surface area contributed by atoms with Crippen LogP contribution in [-0.4, -0.2) is 21.0 Å². The van der Waals surface area contributed by atoms with Crippen LogP contribution >= 0.6 is 0 Å². The van der Waals surface area contributed by atoms with Gasteiger partial charge in [-0.25, -0.2) is 26.0 Å². The summed E-state index contributed by atoms with van der Waals surface area (Å²) in [5, 5.41) is 0. The van der Waals surface area contributed by atoms with E-state index in [0.29, 0.717) is 6.26 Å². The van der Waals surface area contributed by atoms with E-state index in [1.807, 2.05) is 0 Å². The molecular weight excluding hydrogens is 252 g/mol. The average molecular weight is 256 g/mol. The number of hydrogen-bond donors (Lipinski definition) is 0. The molecule has 0 heterocycles. The number of hydrogen-bond acceptors (Lipinski definition) is 3. The summed E-state index contributed by atoms with van der Waals surface area (Å²) in [6.45, 7) is 0. The Kier molecular flexibility index (Phi) is 3.04. The highest BCUT2D eigenvalue weighted by molar-refractivity contribution is 7.90. The summed E-state index contributed by atoms with van der Waals surface area (Å²) in [5.41, 5.74) is -1.36. The van der Waals surface area contributed by atoms with Gasteiger partial charge in [-0.3, -0.25) is 4.79 Å². The fourth-order valence-electron chi connectivity index (χ4n) is 1.10. The van der Waals surface area contributed by atoms with E-state index in [1.165, 1.54) is 0 Å². The summed E-state index contributed by atoms with van der Waals surface area (Å²) < 4.78 is 73.4. The van der Waals surface area contributed by atoms with Crippen LogP contribution in [0.5, 0.6) is 0 Å². The van der Waals surface area contributed by atoms with Crippen LogP contribution in [0.4, 0.5) is 17.6 Å². The number of benzene rings is 1. The lowest BCUT2D eigenvalue weighted by Crippen LogP contribution is -2.12. The van der Waals surface area contributed by atoms with Crippen molar-refractivity contribution in [1.82, 2.24) is 0 Å². The molecule has 0 aromatic heterocycles. The average Bonchev–Trinajstić information content (AvgIpc) is 2.18. The zero-order valence-electron chi connectivity index (χ0n) is 7.72. The minimum absolute atomic E-state index is 0.392. The predicted octanol–water partition coefficient (Wildman–Crippen LogP) is 1.46. The molecule has 0 atom stereocenters. The molecule has 8 heteroatoms. The van der Waals surface area contributed by atoms with Crippen molar-refractivity contribution in [2.24, 2.45) is 0 Å². The summed E-state index contributed by atoms with van der Waals surface area (Å²) in [7, 11) is -4.39. The molecule has 0 bridgehead atoms. The lowest BCUT2D eigenvalue weighted by Gasteiger charge is -2.07. The fraction of sp³-hybridized carbons (Fsp3) is 0.125. The third kappa shape index (κ3) is 1.80. The molecular formula is C8H4F4O3S. The van der Waals surface area contributed by atoms with Gasteiger partial charge in [0.2, 0.25) is 0 Å². The van der Waals surface area contributed by atoms with Crippen molar-refractivity contribution in [1.29, 1.82) is 0 Å². The lowest BCUT2D eigenvalue weighted by molar-refractivity contribution is 0.111. The molecule has 0 fully saturated rings. The molecule has 3 nitrogen and oxygen atoms in total. The normalized spacial score (nSPS) is 11.6. The molecule has 1 rings (SSSR count). The van der Waals surface area contributed by atoms with Gasteiger partial charge in [0.25, 0.3) is 0 Å². The van der Waals surface area contributed by atoms with Crippen LogP contribution in [0.2, 0.25) is 0 Å². The van der Waals surface area contributed by atoms with Gasteiger partial charge in [-0.15, -0.1) is 0 Å². The zero-order chi connectivity index (χ0) is 12.7. The van der Waals surface area contributed by atoms with Crippen molar-refractivity contribution in [2.75, 3.05) is 6.26 Å². The lowest BCUT2D eigenvalue weighted by atomic mass is 10.2. The molecule has 0 saturated heterocycles. The Bertz CT molecular complexity index is 565. The molecule has 0 spiro atoms. The molecule has 0 aliphatic rings. The number of sulfone groups is 1. The first-order valence-electron chi connectivity index (χ1n) is 3.73. The maximum atomic E-state index is 13.1. The van der Waals surface area contributed by atoms with Crippen molar-refractivity contribution in [2.45, 2.75) is 4.90 Å². The van der Waals surface area contributed by atoms with Crippen molar-refractivity contribution < 1.29 is 30.8 Å². The smallest absolute Gasteiger partial charge is 0.198 e. The van der Waals surface area contributed by atoms with Crippen molar-refractivity contribution in [3.63, 3.8) is 0 Å². The number of carbonyl (C=O) groups excluding carboxylic acids is 1. The first-order valence-corrected chi connectivity index (χ1v) is 5.62. The summed E-state index contributed by atoms with van der Waals surface area (Å²) >= 11 is 0. The molecule has 1 aromatic carbocycles. The van der Waals surface area contributed by atoms with Gasteiger partial charge in [0, 0.05) is 6.26 Å². The third-order valence-electron chi connectivity index (χ3n) is 1.75. The molecule has 0 radical (unpaired) electrons. The maximum absolute atomic E-state index is 13.1. The highest BCUT2D eigenvalue weighted by Crippen LogP contribution is 2.26. The number of rotatable bonds is 2. The van der Waals surface area contributed by atoms with Gasteiger partial charge in [-0.1, -0.05) is 0 Å². The van der Waals surface area contributed by atoms with Crippen LogP contribution < -0.4 is 0 Å². The molecule has 0 N–H and O–H groups in total. The van der Waals surface area contributed by atoms with E-state index < -0.39 is 49.9 Å². The molecule has 1 aromatic rings. The van der Waals surface area contributed by atoms with E-state index in [1.54, 1.807) is 0 Å². The Balaban J connectivity index is 3.94. The Morgan fingerprint density at radius 3 is 1.75 bits per heavy atom. The molecule has 16 heavy (non-hydrogen) atoms. The first-order chi connectivity index (χ1) is 7.21. The van der Waals surface area contributed by atoms with E-state index in [9.17, 15) is 30.8 Å². The Morgan fingerprint density at radius 2 is 1.38 bits per heavy atom. The highest BCUT2D eigenvalue weighted by Gasteiger charge is 2.30. The number of aldehydes is 1. The summed E-state index contributed by atoms with van der Waals surface area (Å²) in [6, 6.07) is 0. The number of halogens is 4. The van der Waals surface area contributed by atoms with Crippen LogP contribution in [0.1, 0.15) is 10.4 Å². The Hall–Kier alpha value is -1.44. The van der Waals surface area contributed by atoms with E-state index >= 15 is 0 Å². The second kappa shape index (κ2) is 3.85. The van der Waals surface area contributed by atoms with Crippen molar-refractivity contribution in [3.8, 4) is 0 Å². The van der Waals surface area contributed by atoms with Gasteiger partial charge in [0.15, 0.2) is 39.4 Å². The molecule has 0 saturated carbocycles. The number of carbonyl (C=O) groups is 1. The summed E-state index contributed by atoms with van der Waals surface area (Å²) in [5.74, 6) is -8.65. The van der Waals surface area contributed by atoms with Gasteiger partial charge in [0.05, 0.1) is 5.56 Å². The van der Waals surface area contributed by atoms with E-state index in [0.717, 1.165) is 0 Å². The molecule has 0 unspecified atom stereocenters. The van der Waals surface area contributed by atoms with Crippen LogP contribution in [0.15, 0.2) is 4.90 Å². The quantitative estimate of drug-likeness (QED) is 0.264. The van der Waals surface area contributed by atoms with Crippen LogP contribution in [0.25, 0.3) is 0 Å². The largest absolute Gasteiger partial charge is 0.298 e. The minimum atomic E-state index is -4.39. The minimum Gasteiger partial charge on any atom is -0.298 e. The van der Waals surface area contributed by atoms with Crippen LogP contribution in [0.3, 0.4) is 0 Å². The summed E-state index contributed by atoms with van der Waals surface area (Å²) in [6.07, 6.45) is 0.0481. The topological polar surface area (TPSA) is 51.2 Å². The van der Waals surface area contributed by atoms with E-state index in [2.05, 4.69) is 0 Å². The SMILES string of the molecule is CS(=O)(=O)c1c(F)c(F)c(F)c(F)c1C=O. The second-order valence-corrected chi connectivity index (χ2v) is 4.84. The second-order valence-electron chi connectivity index (χ2n) is 2.89. The molecule has 0 amide bonds. The van der Waals surface area contributed by atoms with Crippen LogP contribution in [0, 0.1) is 23.3 Å². The van der Waals surface area contributed by atoms with Gasteiger partial charge < -0.3 is 0 Å². The van der Waals surface area contributed by atoms with Crippen molar-refractivity contribution in [3.05, 3.63) is 28.8 Å². The van der Waals surface area contributed by atoms with Gasteiger partial charge >= 0.3 is 0 Å². The predicted molar refractivity (Wildman–Crippen MR) is 44.8 cm³/mol. The maximum Gasteiger partial charge on any atom is 0.198 e. The first kappa shape index (κ1) is 12.6.